The van der Waals surface area contributed by atoms with Gasteiger partial charge in [-0.3, -0.25) is 9.36 Å². The van der Waals surface area contributed by atoms with E-state index in [9.17, 15) is 18.4 Å². The summed E-state index contributed by atoms with van der Waals surface area (Å²) in [6.07, 6.45) is 3.63. The smallest absolute Gasteiger partial charge is 0.324 e. The molecule has 1 aromatic heterocycles. The van der Waals surface area contributed by atoms with Crippen LogP contribution in [0.25, 0.3) is 0 Å². The van der Waals surface area contributed by atoms with Gasteiger partial charge in [0.1, 0.15) is 24.0 Å². The molecule has 1 amide bonds. The third-order valence-corrected chi connectivity index (χ3v) is 3.72. The van der Waals surface area contributed by atoms with Gasteiger partial charge in [0.25, 0.3) is 0 Å². The Bertz CT molecular complexity index is 777. The topological polar surface area (TPSA) is 68.9 Å². The molecule has 0 spiro atoms. The zero-order chi connectivity index (χ0) is 16.4. The number of carbonyl (C=O) groups is 1. The molecule has 1 aliphatic heterocycles. The van der Waals surface area contributed by atoms with E-state index in [0.717, 1.165) is 36.1 Å². The fourth-order valence-corrected chi connectivity index (χ4v) is 2.69. The minimum atomic E-state index is -0.786. The number of amides is 1. The Balaban J connectivity index is 1.74. The maximum absolute atomic E-state index is 13.1. The van der Waals surface area contributed by atoms with Crippen molar-refractivity contribution in [3.63, 3.8) is 0 Å². The predicted octanol–water partition coefficient (Wildman–Crippen LogP) is 1.69. The lowest BCUT2D eigenvalue weighted by molar-refractivity contribution is -0.117. The van der Waals surface area contributed by atoms with Gasteiger partial charge in [-0.15, -0.1) is 0 Å². The van der Waals surface area contributed by atoms with Gasteiger partial charge in [-0.1, -0.05) is 6.42 Å². The zero-order valence-corrected chi connectivity index (χ0v) is 12.4. The molecular weight excluding hydrogens is 306 g/mol. The van der Waals surface area contributed by atoms with Crippen molar-refractivity contribution in [3.8, 4) is 0 Å². The van der Waals surface area contributed by atoms with Crippen LogP contribution in [0.15, 0.2) is 23.0 Å². The van der Waals surface area contributed by atoms with Crippen molar-refractivity contribution >= 4 is 11.6 Å². The standard InChI is InChI=1S/C15H16F2N4O2/c16-10-6-11(17)8-12(7-10)18-14(22)9-21-15(23)20-5-3-1-2-4-13(20)19-21/h6-8H,1-5,9H2,(H,18,22). The Kier molecular flexibility index (Phi) is 4.22. The van der Waals surface area contributed by atoms with Crippen LogP contribution in [0.1, 0.15) is 25.1 Å². The number of fused-ring (bicyclic) bond motifs is 1. The third kappa shape index (κ3) is 3.46. The Morgan fingerprint density at radius 3 is 2.65 bits per heavy atom. The number of aryl methyl sites for hydroxylation is 1. The van der Waals surface area contributed by atoms with Crippen molar-refractivity contribution in [2.45, 2.75) is 38.8 Å². The summed E-state index contributed by atoms with van der Waals surface area (Å²) in [4.78, 5) is 24.2. The first-order chi connectivity index (χ1) is 11.0. The quantitative estimate of drug-likeness (QED) is 0.935. The summed E-state index contributed by atoms with van der Waals surface area (Å²) in [7, 11) is 0. The van der Waals surface area contributed by atoms with E-state index in [1.54, 1.807) is 4.57 Å². The number of benzene rings is 1. The highest BCUT2D eigenvalue weighted by atomic mass is 19.1. The van der Waals surface area contributed by atoms with Crippen LogP contribution in [-0.4, -0.2) is 20.3 Å². The Labute approximate surface area is 130 Å². The number of hydrogen-bond acceptors (Lipinski definition) is 3. The molecule has 1 N–H and O–H groups in total. The summed E-state index contributed by atoms with van der Waals surface area (Å²) in [5.74, 6) is -1.46. The molecule has 0 fully saturated rings. The van der Waals surface area contributed by atoms with Crippen LogP contribution in [0.3, 0.4) is 0 Å². The average molecular weight is 322 g/mol. The number of anilines is 1. The summed E-state index contributed by atoms with van der Waals surface area (Å²) >= 11 is 0. The van der Waals surface area contributed by atoms with Crippen molar-refractivity contribution in [1.82, 2.24) is 14.3 Å². The first-order valence-electron chi connectivity index (χ1n) is 7.45. The summed E-state index contributed by atoms with van der Waals surface area (Å²) in [5, 5.41) is 6.55. The summed E-state index contributed by atoms with van der Waals surface area (Å²) < 4.78 is 28.9. The van der Waals surface area contributed by atoms with Crippen molar-refractivity contribution < 1.29 is 13.6 Å². The van der Waals surface area contributed by atoms with Crippen molar-refractivity contribution in [3.05, 3.63) is 46.1 Å². The number of carbonyl (C=O) groups excluding carboxylic acids is 1. The number of rotatable bonds is 3. The van der Waals surface area contributed by atoms with E-state index < -0.39 is 17.5 Å². The van der Waals surface area contributed by atoms with Crippen LogP contribution >= 0.6 is 0 Å². The molecule has 2 aromatic rings. The summed E-state index contributed by atoms with van der Waals surface area (Å²) in [5.41, 5.74) is -0.330. The minimum Gasteiger partial charge on any atom is -0.324 e. The molecule has 0 saturated heterocycles. The Morgan fingerprint density at radius 2 is 1.91 bits per heavy atom. The van der Waals surface area contributed by atoms with Gasteiger partial charge in [0.2, 0.25) is 5.91 Å². The van der Waals surface area contributed by atoms with E-state index in [1.165, 1.54) is 0 Å². The normalized spacial score (nSPS) is 14.2. The molecule has 0 unspecified atom stereocenters. The van der Waals surface area contributed by atoms with Crippen molar-refractivity contribution in [1.29, 1.82) is 0 Å². The highest BCUT2D eigenvalue weighted by Gasteiger charge is 2.17. The fourth-order valence-electron chi connectivity index (χ4n) is 2.69. The van der Waals surface area contributed by atoms with Gasteiger partial charge in [0.05, 0.1) is 0 Å². The maximum atomic E-state index is 13.1. The second-order valence-corrected chi connectivity index (χ2v) is 5.53. The van der Waals surface area contributed by atoms with Gasteiger partial charge in [-0.2, -0.15) is 5.10 Å². The average Bonchev–Trinajstić information content (AvgIpc) is 2.63. The zero-order valence-electron chi connectivity index (χ0n) is 12.4. The lowest BCUT2D eigenvalue weighted by Crippen LogP contribution is -2.30. The molecule has 0 radical (unpaired) electrons. The molecule has 122 valence electrons. The van der Waals surface area contributed by atoms with E-state index in [-0.39, 0.29) is 17.9 Å². The largest absolute Gasteiger partial charge is 0.346 e. The van der Waals surface area contributed by atoms with E-state index >= 15 is 0 Å². The van der Waals surface area contributed by atoms with Crippen LogP contribution in [0.5, 0.6) is 0 Å². The molecule has 0 atom stereocenters. The van der Waals surface area contributed by atoms with Gasteiger partial charge >= 0.3 is 5.69 Å². The molecule has 6 nitrogen and oxygen atoms in total. The van der Waals surface area contributed by atoms with E-state index in [2.05, 4.69) is 10.4 Å². The first-order valence-corrected chi connectivity index (χ1v) is 7.45. The van der Waals surface area contributed by atoms with Crippen LogP contribution < -0.4 is 11.0 Å². The molecule has 0 saturated carbocycles. The van der Waals surface area contributed by atoms with Crippen molar-refractivity contribution in [2.75, 3.05) is 5.32 Å². The Hall–Kier alpha value is -2.51. The second-order valence-electron chi connectivity index (χ2n) is 5.53. The lowest BCUT2D eigenvalue weighted by atomic mass is 10.2. The van der Waals surface area contributed by atoms with Crippen LogP contribution in [0.4, 0.5) is 14.5 Å². The molecule has 8 heteroatoms. The molecule has 1 aliphatic rings. The predicted molar refractivity (Wildman–Crippen MR) is 79.0 cm³/mol. The highest BCUT2D eigenvalue weighted by molar-refractivity contribution is 5.90. The number of nitrogens with zero attached hydrogens (tertiary/aromatic N) is 3. The van der Waals surface area contributed by atoms with Gasteiger partial charge in [0, 0.05) is 24.7 Å². The van der Waals surface area contributed by atoms with E-state index in [4.69, 9.17) is 0 Å². The summed E-state index contributed by atoms with van der Waals surface area (Å²) in [6, 6.07) is 2.73. The third-order valence-electron chi connectivity index (χ3n) is 3.72. The molecule has 23 heavy (non-hydrogen) atoms. The molecule has 1 aromatic carbocycles. The molecule has 3 rings (SSSR count). The number of hydrogen-bond donors (Lipinski definition) is 1. The SMILES string of the molecule is O=C(Cn1nc2n(c1=O)CCCCC2)Nc1cc(F)cc(F)c1. The molecule has 0 aliphatic carbocycles. The molecule has 2 heterocycles. The van der Waals surface area contributed by atoms with E-state index in [0.29, 0.717) is 24.9 Å². The minimum absolute atomic E-state index is 0.00122. The number of halogens is 2. The number of aromatic nitrogens is 3. The second kappa shape index (κ2) is 6.31. The van der Waals surface area contributed by atoms with Gasteiger partial charge in [-0.25, -0.2) is 18.3 Å². The van der Waals surface area contributed by atoms with Crippen molar-refractivity contribution in [2.24, 2.45) is 0 Å². The van der Waals surface area contributed by atoms with Crippen LogP contribution in [-0.2, 0) is 24.3 Å². The van der Waals surface area contributed by atoms with Crippen LogP contribution in [0, 0.1) is 11.6 Å². The summed E-state index contributed by atoms with van der Waals surface area (Å²) in [6.45, 7) is 0.307. The highest BCUT2D eigenvalue weighted by Crippen LogP contribution is 2.13. The van der Waals surface area contributed by atoms with Gasteiger partial charge in [0.15, 0.2) is 0 Å². The number of nitrogens with one attached hydrogen (secondary N) is 1. The van der Waals surface area contributed by atoms with Gasteiger partial charge < -0.3 is 5.32 Å². The fraction of sp³-hybridized carbons (Fsp3) is 0.400. The Morgan fingerprint density at radius 1 is 1.17 bits per heavy atom. The molecular formula is C15H16F2N4O2. The first kappa shape index (κ1) is 15.4. The van der Waals surface area contributed by atoms with Crippen LogP contribution in [0.2, 0.25) is 0 Å². The monoisotopic (exact) mass is 322 g/mol. The maximum Gasteiger partial charge on any atom is 0.346 e. The van der Waals surface area contributed by atoms with Gasteiger partial charge in [-0.05, 0) is 25.0 Å². The molecule has 0 bridgehead atoms. The van der Waals surface area contributed by atoms with E-state index in [1.807, 2.05) is 0 Å². The lowest BCUT2D eigenvalue weighted by Gasteiger charge is -2.05.